The molecule has 1 aliphatic rings. The third kappa shape index (κ3) is 3.96. The summed E-state index contributed by atoms with van der Waals surface area (Å²) >= 11 is 1.74. The van der Waals surface area contributed by atoms with E-state index < -0.39 is 0 Å². The Morgan fingerprint density at radius 2 is 1.81 bits per heavy atom. The standard InChI is InChI=1S/C22H30N2OS/c1-16-10-8-11-17(21(2,3)4)19(16)23-20(25)24-22(13-6-5-7-14-22)18-12-9-15-26-18/h8-12,15H,5-7,13-14H2,1-4H3,(H2,23,24,25). The van der Waals surface area contributed by atoms with Crippen molar-refractivity contribution in [3.05, 3.63) is 51.7 Å². The fourth-order valence-electron chi connectivity index (χ4n) is 3.96. The Morgan fingerprint density at radius 3 is 2.42 bits per heavy atom. The van der Waals surface area contributed by atoms with Gasteiger partial charge in [0.15, 0.2) is 0 Å². The van der Waals surface area contributed by atoms with Gasteiger partial charge in [-0.1, -0.05) is 64.3 Å². The lowest BCUT2D eigenvalue weighted by Gasteiger charge is -2.37. The molecule has 140 valence electrons. The van der Waals surface area contributed by atoms with Gasteiger partial charge in [0.2, 0.25) is 0 Å². The van der Waals surface area contributed by atoms with Crippen LogP contribution in [0.15, 0.2) is 35.7 Å². The zero-order valence-corrected chi connectivity index (χ0v) is 17.1. The first-order chi connectivity index (χ1) is 12.3. The van der Waals surface area contributed by atoms with Crippen LogP contribution in [0.25, 0.3) is 0 Å². The van der Waals surface area contributed by atoms with Crippen molar-refractivity contribution in [3.8, 4) is 0 Å². The Kier molecular flexibility index (Phi) is 5.42. The number of rotatable bonds is 3. The third-order valence-corrected chi connectivity index (χ3v) is 6.45. The molecular formula is C22H30N2OS. The van der Waals surface area contributed by atoms with E-state index in [9.17, 15) is 4.79 Å². The summed E-state index contributed by atoms with van der Waals surface area (Å²) in [6.45, 7) is 8.60. The van der Waals surface area contributed by atoms with E-state index in [2.05, 4.69) is 74.0 Å². The number of anilines is 1. The molecule has 2 aromatic rings. The molecule has 0 unspecified atom stereocenters. The number of aryl methyl sites for hydroxylation is 1. The fourth-order valence-corrected chi connectivity index (χ4v) is 4.90. The molecule has 3 nitrogen and oxygen atoms in total. The van der Waals surface area contributed by atoms with Crippen LogP contribution >= 0.6 is 11.3 Å². The van der Waals surface area contributed by atoms with Gasteiger partial charge in [-0.3, -0.25) is 0 Å². The lowest BCUT2D eigenvalue weighted by molar-refractivity contribution is 0.214. The van der Waals surface area contributed by atoms with Crippen molar-refractivity contribution >= 4 is 23.1 Å². The molecule has 2 N–H and O–H groups in total. The van der Waals surface area contributed by atoms with Gasteiger partial charge >= 0.3 is 6.03 Å². The average Bonchev–Trinajstić information content (AvgIpc) is 3.12. The molecule has 0 saturated heterocycles. The second-order valence-electron chi connectivity index (χ2n) is 8.45. The van der Waals surface area contributed by atoms with Gasteiger partial charge in [0.1, 0.15) is 0 Å². The van der Waals surface area contributed by atoms with E-state index in [1.54, 1.807) is 11.3 Å². The molecule has 3 rings (SSSR count). The summed E-state index contributed by atoms with van der Waals surface area (Å²) in [6.07, 6.45) is 5.61. The molecule has 1 heterocycles. The predicted molar refractivity (Wildman–Crippen MR) is 111 cm³/mol. The molecule has 0 aliphatic heterocycles. The first-order valence-electron chi connectivity index (χ1n) is 9.55. The van der Waals surface area contributed by atoms with E-state index >= 15 is 0 Å². The molecule has 1 aliphatic carbocycles. The number of benzene rings is 1. The quantitative estimate of drug-likeness (QED) is 0.651. The Morgan fingerprint density at radius 1 is 1.08 bits per heavy atom. The molecule has 1 fully saturated rings. The Balaban J connectivity index is 1.85. The normalized spacial score (nSPS) is 16.9. The highest BCUT2D eigenvalue weighted by Crippen LogP contribution is 2.39. The lowest BCUT2D eigenvalue weighted by Crippen LogP contribution is -2.48. The number of amides is 2. The van der Waals surface area contributed by atoms with Gasteiger partial charge in [0.05, 0.1) is 5.54 Å². The molecule has 0 radical (unpaired) electrons. The number of hydrogen-bond acceptors (Lipinski definition) is 2. The summed E-state index contributed by atoms with van der Waals surface area (Å²) < 4.78 is 0. The highest BCUT2D eigenvalue weighted by atomic mass is 32.1. The molecule has 1 aromatic heterocycles. The monoisotopic (exact) mass is 370 g/mol. The topological polar surface area (TPSA) is 41.1 Å². The van der Waals surface area contributed by atoms with Gasteiger partial charge in [0, 0.05) is 10.6 Å². The number of urea groups is 1. The van der Waals surface area contributed by atoms with Crippen molar-refractivity contribution in [1.29, 1.82) is 0 Å². The summed E-state index contributed by atoms with van der Waals surface area (Å²) in [6, 6.07) is 10.4. The summed E-state index contributed by atoms with van der Waals surface area (Å²) in [5.41, 5.74) is 2.96. The van der Waals surface area contributed by atoms with E-state index in [-0.39, 0.29) is 17.0 Å². The van der Waals surface area contributed by atoms with Gasteiger partial charge in [0.25, 0.3) is 0 Å². The van der Waals surface area contributed by atoms with Gasteiger partial charge in [-0.05, 0) is 47.8 Å². The predicted octanol–water partition coefficient (Wildman–Crippen LogP) is 6.34. The van der Waals surface area contributed by atoms with Crippen LogP contribution in [0.1, 0.15) is 68.9 Å². The molecule has 1 aromatic carbocycles. The molecule has 0 spiro atoms. The minimum atomic E-state index is -0.221. The van der Waals surface area contributed by atoms with Crippen LogP contribution in [0.3, 0.4) is 0 Å². The van der Waals surface area contributed by atoms with E-state index in [1.165, 1.54) is 16.9 Å². The second-order valence-corrected chi connectivity index (χ2v) is 9.39. The molecular weight excluding hydrogens is 340 g/mol. The van der Waals surface area contributed by atoms with Gasteiger partial charge in [-0.25, -0.2) is 4.79 Å². The number of thiophene rings is 1. The average molecular weight is 371 g/mol. The first kappa shape index (κ1) is 19.0. The highest BCUT2D eigenvalue weighted by Gasteiger charge is 2.36. The maximum Gasteiger partial charge on any atom is 0.319 e. The fraction of sp³-hybridized carbons (Fsp3) is 0.500. The summed E-state index contributed by atoms with van der Waals surface area (Å²) in [5.74, 6) is 0. The van der Waals surface area contributed by atoms with Crippen LogP contribution in [0.4, 0.5) is 10.5 Å². The highest BCUT2D eigenvalue weighted by molar-refractivity contribution is 7.10. The minimum Gasteiger partial charge on any atom is -0.328 e. The van der Waals surface area contributed by atoms with E-state index in [0.717, 1.165) is 36.9 Å². The minimum absolute atomic E-state index is 0.0229. The summed E-state index contributed by atoms with van der Waals surface area (Å²) in [5, 5.41) is 8.62. The van der Waals surface area contributed by atoms with E-state index in [4.69, 9.17) is 0 Å². The van der Waals surface area contributed by atoms with Crippen LogP contribution in [-0.2, 0) is 11.0 Å². The van der Waals surface area contributed by atoms with Crippen molar-refractivity contribution < 1.29 is 4.79 Å². The third-order valence-electron chi connectivity index (χ3n) is 5.37. The molecule has 2 amide bonds. The maximum atomic E-state index is 13.0. The Hall–Kier alpha value is -1.81. The van der Waals surface area contributed by atoms with Crippen molar-refractivity contribution in [2.24, 2.45) is 0 Å². The zero-order chi connectivity index (χ0) is 18.8. The van der Waals surface area contributed by atoms with Crippen molar-refractivity contribution in [1.82, 2.24) is 5.32 Å². The van der Waals surface area contributed by atoms with Crippen LogP contribution in [-0.4, -0.2) is 6.03 Å². The largest absolute Gasteiger partial charge is 0.328 e. The van der Waals surface area contributed by atoms with Crippen molar-refractivity contribution in [2.45, 2.75) is 70.8 Å². The number of carbonyl (C=O) groups is 1. The van der Waals surface area contributed by atoms with Crippen molar-refractivity contribution in [3.63, 3.8) is 0 Å². The lowest BCUT2D eigenvalue weighted by atomic mass is 9.80. The Labute approximate surface area is 161 Å². The first-order valence-corrected chi connectivity index (χ1v) is 10.4. The summed E-state index contributed by atoms with van der Waals surface area (Å²) in [7, 11) is 0. The van der Waals surface area contributed by atoms with Gasteiger partial charge in [-0.15, -0.1) is 11.3 Å². The zero-order valence-electron chi connectivity index (χ0n) is 16.3. The van der Waals surface area contributed by atoms with Crippen LogP contribution in [0.5, 0.6) is 0 Å². The maximum absolute atomic E-state index is 13.0. The van der Waals surface area contributed by atoms with Gasteiger partial charge in [-0.2, -0.15) is 0 Å². The van der Waals surface area contributed by atoms with Crippen LogP contribution in [0, 0.1) is 6.92 Å². The number of carbonyl (C=O) groups excluding carboxylic acids is 1. The molecule has 26 heavy (non-hydrogen) atoms. The van der Waals surface area contributed by atoms with E-state index in [1.807, 2.05) is 0 Å². The molecule has 0 bridgehead atoms. The molecule has 1 saturated carbocycles. The van der Waals surface area contributed by atoms with Crippen LogP contribution < -0.4 is 10.6 Å². The summed E-state index contributed by atoms with van der Waals surface area (Å²) in [4.78, 5) is 14.3. The van der Waals surface area contributed by atoms with E-state index in [0.29, 0.717) is 0 Å². The Bertz CT molecular complexity index is 753. The second kappa shape index (κ2) is 7.43. The smallest absolute Gasteiger partial charge is 0.319 e. The molecule has 4 heteroatoms. The SMILES string of the molecule is Cc1cccc(C(C)(C)C)c1NC(=O)NC1(c2cccs2)CCCCC1. The van der Waals surface area contributed by atoms with Crippen LogP contribution in [0.2, 0.25) is 0 Å². The van der Waals surface area contributed by atoms with Gasteiger partial charge < -0.3 is 10.6 Å². The molecule has 0 atom stereocenters. The van der Waals surface area contributed by atoms with Crippen molar-refractivity contribution in [2.75, 3.05) is 5.32 Å². The number of hydrogen-bond donors (Lipinski definition) is 2. The number of nitrogens with one attached hydrogen (secondary N) is 2. The number of para-hydroxylation sites is 1.